The van der Waals surface area contributed by atoms with Gasteiger partial charge in [0, 0.05) is 31.1 Å². The molecule has 0 atom stereocenters. The molecule has 4 nitrogen and oxygen atoms in total. The molecule has 0 unspecified atom stereocenters. The SMILES string of the molecule is CCC(=O)C1CCN(C(=O)Nc2ccc(C)cc2)CC1. The van der Waals surface area contributed by atoms with Crippen molar-refractivity contribution >= 4 is 17.5 Å². The number of carbonyl (C=O) groups excluding carboxylic acids is 2. The fourth-order valence-corrected chi connectivity index (χ4v) is 2.53. The smallest absolute Gasteiger partial charge is 0.321 e. The normalized spacial score (nSPS) is 16.0. The highest BCUT2D eigenvalue weighted by molar-refractivity contribution is 5.89. The second kappa shape index (κ2) is 6.55. The van der Waals surface area contributed by atoms with Crippen LogP contribution >= 0.6 is 0 Å². The van der Waals surface area contributed by atoms with Crippen molar-refractivity contribution in [1.29, 1.82) is 0 Å². The standard InChI is InChI=1S/C16H22N2O2/c1-3-15(19)13-8-10-18(11-9-13)16(20)17-14-6-4-12(2)5-7-14/h4-7,13H,3,8-11H2,1-2H3,(H,17,20). The molecule has 1 aromatic rings. The molecule has 2 rings (SSSR count). The third-order valence-corrected chi connectivity index (χ3v) is 3.89. The summed E-state index contributed by atoms with van der Waals surface area (Å²) in [4.78, 5) is 25.6. The molecule has 1 heterocycles. The zero-order valence-electron chi connectivity index (χ0n) is 12.2. The van der Waals surface area contributed by atoms with E-state index in [9.17, 15) is 9.59 Å². The molecule has 1 saturated heterocycles. The molecule has 1 N–H and O–H groups in total. The van der Waals surface area contributed by atoms with Crippen molar-refractivity contribution in [3.8, 4) is 0 Å². The number of hydrogen-bond donors (Lipinski definition) is 1. The van der Waals surface area contributed by atoms with Gasteiger partial charge in [0.05, 0.1) is 0 Å². The van der Waals surface area contributed by atoms with Gasteiger partial charge in [-0.2, -0.15) is 0 Å². The molecule has 1 fully saturated rings. The number of nitrogens with zero attached hydrogens (tertiary/aromatic N) is 1. The van der Waals surface area contributed by atoms with Crippen LogP contribution in [0.4, 0.5) is 10.5 Å². The maximum absolute atomic E-state index is 12.1. The maximum Gasteiger partial charge on any atom is 0.321 e. The van der Waals surface area contributed by atoms with Crippen molar-refractivity contribution in [3.63, 3.8) is 0 Å². The number of Topliss-reactive ketones (excluding diaryl/α,β-unsaturated/α-hetero) is 1. The van der Waals surface area contributed by atoms with E-state index in [1.165, 1.54) is 5.56 Å². The molecule has 0 spiro atoms. The van der Waals surface area contributed by atoms with Gasteiger partial charge in [-0.15, -0.1) is 0 Å². The molecule has 0 aliphatic carbocycles. The van der Waals surface area contributed by atoms with Crippen LogP contribution in [-0.2, 0) is 4.79 Å². The summed E-state index contributed by atoms with van der Waals surface area (Å²) in [6, 6.07) is 7.68. The summed E-state index contributed by atoms with van der Waals surface area (Å²) in [6.07, 6.45) is 2.17. The molecule has 108 valence electrons. The number of ketones is 1. The number of amides is 2. The summed E-state index contributed by atoms with van der Waals surface area (Å²) < 4.78 is 0. The van der Waals surface area contributed by atoms with Crippen LogP contribution in [0.15, 0.2) is 24.3 Å². The molecular weight excluding hydrogens is 252 g/mol. The van der Waals surface area contributed by atoms with Gasteiger partial charge in [-0.3, -0.25) is 4.79 Å². The minimum Gasteiger partial charge on any atom is -0.324 e. The number of rotatable bonds is 3. The maximum atomic E-state index is 12.1. The fraction of sp³-hybridized carbons (Fsp3) is 0.500. The minimum atomic E-state index is -0.0729. The first-order chi connectivity index (χ1) is 9.60. The van der Waals surface area contributed by atoms with Crippen LogP contribution in [0.3, 0.4) is 0 Å². The number of anilines is 1. The number of nitrogens with one attached hydrogen (secondary N) is 1. The predicted molar refractivity (Wildman–Crippen MR) is 79.8 cm³/mol. The molecule has 0 radical (unpaired) electrons. The Morgan fingerprint density at radius 1 is 1.20 bits per heavy atom. The number of likely N-dealkylation sites (tertiary alicyclic amines) is 1. The van der Waals surface area contributed by atoms with Crippen molar-refractivity contribution in [3.05, 3.63) is 29.8 Å². The van der Waals surface area contributed by atoms with Gasteiger partial charge in [0.25, 0.3) is 0 Å². The Morgan fingerprint density at radius 2 is 1.80 bits per heavy atom. The van der Waals surface area contributed by atoms with Gasteiger partial charge in [-0.1, -0.05) is 24.6 Å². The van der Waals surface area contributed by atoms with Crippen molar-refractivity contribution in [2.24, 2.45) is 5.92 Å². The first kappa shape index (κ1) is 14.6. The average Bonchev–Trinajstić information content (AvgIpc) is 2.49. The zero-order chi connectivity index (χ0) is 14.5. The first-order valence-electron chi connectivity index (χ1n) is 7.25. The van der Waals surface area contributed by atoms with Crippen LogP contribution in [0.2, 0.25) is 0 Å². The van der Waals surface area contributed by atoms with Gasteiger partial charge in [0.15, 0.2) is 0 Å². The highest BCUT2D eigenvalue weighted by Gasteiger charge is 2.26. The third kappa shape index (κ3) is 3.59. The van der Waals surface area contributed by atoms with E-state index in [4.69, 9.17) is 0 Å². The number of hydrogen-bond acceptors (Lipinski definition) is 2. The summed E-state index contributed by atoms with van der Waals surface area (Å²) in [5.74, 6) is 0.465. The number of piperidine rings is 1. The van der Waals surface area contributed by atoms with Crippen LogP contribution in [0.1, 0.15) is 31.7 Å². The number of carbonyl (C=O) groups is 2. The molecule has 0 aromatic heterocycles. The summed E-state index contributed by atoms with van der Waals surface area (Å²) in [5.41, 5.74) is 1.98. The second-order valence-corrected chi connectivity index (χ2v) is 5.38. The quantitative estimate of drug-likeness (QED) is 0.920. The Kier molecular flexibility index (Phi) is 4.77. The fourth-order valence-electron chi connectivity index (χ4n) is 2.53. The third-order valence-electron chi connectivity index (χ3n) is 3.89. The molecule has 2 amide bonds. The summed E-state index contributed by atoms with van der Waals surface area (Å²) in [5, 5.41) is 2.90. The predicted octanol–water partition coefficient (Wildman–Crippen LogP) is 3.22. The number of benzene rings is 1. The van der Waals surface area contributed by atoms with Crippen LogP contribution in [0.5, 0.6) is 0 Å². The molecule has 1 aromatic carbocycles. The van der Waals surface area contributed by atoms with E-state index >= 15 is 0 Å². The molecule has 20 heavy (non-hydrogen) atoms. The van der Waals surface area contributed by atoms with Crippen molar-refractivity contribution in [2.45, 2.75) is 33.1 Å². The molecule has 1 aliphatic rings. The van der Waals surface area contributed by atoms with Gasteiger partial charge in [0.2, 0.25) is 0 Å². The summed E-state index contributed by atoms with van der Waals surface area (Å²) in [7, 11) is 0. The molecular formula is C16H22N2O2. The Morgan fingerprint density at radius 3 is 2.35 bits per heavy atom. The van der Waals surface area contributed by atoms with Gasteiger partial charge in [-0.25, -0.2) is 4.79 Å². The van der Waals surface area contributed by atoms with E-state index in [2.05, 4.69) is 5.32 Å². The topological polar surface area (TPSA) is 49.4 Å². The van der Waals surface area contributed by atoms with E-state index in [1.807, 2.05) is 38.1 Å². The lowest BCUT2D eigenvalue weighted by molar-refractivity contribution is -0.123. The summed E-state index contributed by atoms with van der Waals surface area (Å²) >= 11 is 0. The first-order valence-corrected chi connectivity index (χ1v) is 7.25. The lowest BCUT2D eigenvalue weighted by Gasteiger charge is -2.31. The number of aryl methyl sites for hydroxylation is 1. The Labute approximate surface area is 120 Å². The highest BCUT2D eigenvalue weighted by Crippen LogP contribution is 2.20. The highest BCUT2D eigenvalue weighted by atomic mass is 16.2. The second-order valence-electron chi connectivity index (χ2n) is 5.38. The minimum absolute atomic E-state index is 0.0729. The van der Waals surface area contributed by atoms with Crippen molar-refractivity contribution in [1.82, 2.24) is 4.90 Å². The largest absolute Gasteiger partial charge is 0.324 e. The van der Waals surface area contributed by atoms with Gasteiger partial charge in [-0.05, 0) is 31.9 Å². The van der Waals surface area contributed by atoms with Crippen LogP contribution in [0, 0.1) is 12.8 Å². The number of urea groups is 1. The Balaban J connectivity index is 1.85. The van der Waals surface area contributed by atoms with E-state index < -0.39 is 0 Å². The van der Waals surface area contributed by atoms with E-state index in [1.54, 1.807) is 4.90 Å². The zero-order valence-corrected chi connectivity index (χ0v) is 12.2. The lowest BCUT2D eigenvalue weighted by atomic mass is 9.91. The van der Waals surface area contributed by atoms with E-state index in [-0.39, 0.29) is 11.9 Å². The van der Waals surface area contributed by atoms with Crippen LogP contribution in [0.25, 0.3) is 0 Å². The average molecular weight is 274 g/mol. The molecule has 0 bridgehead atoms. The van der Waals surface area contributed by atoms with Gasteiger partial charge >= 0.3 is 6.03 Å². The monoisotopic (exact) mass is 274 g/mol. The summed E-state index contributed by atoms with van der Waals surface area (Å²) in [6.45, 7) is 5.24. The van der Waals surface area contributed by atoms with Gasteiger partial charge < -0.3 is 10.2 Å². The molecule has 1 aliphatic heterocycles. The van der Waals surface area contributed by atoms with Gasteiger partial charge in [0.1, 0.15) is 5.78 Å². The molecule has 0 saturated carbocycles. The van der Waals surface area contributed by atoms with E-state index in [0.29, 0.717) is 25.3 Å². The van der Waals surface area contributed by atoms with E-state index in [0.717, 1.165) is 18.5 Å². The Bertz CT molecular complexity index is 474. The lowest BCUT2D eigenvalue weighted by Crippen LogP contribution is -2.42. The van der Waals surface area contributed by atoms with Crippen molar-refractivity contribution < 1.29 is 9.59 Å². The van der Waals surface area contributed by atoms with Crippen LogP contribution < -0.4 is 5.32 Å². The van der Waals surface area contributed by atoms with Crippen LogP contribution in [-0.4, -0.2) is 29.8 Å². The Hall–Kier alpha value is -1.84. The van der Waals surface area contributed by atoms with Crippen molar-refractivity contribution in [2.75, 3.05) is 18.4 Å². The molecule has 4 heteroatoms.